The number of carbonyl (C=O) groups excluding carboxylic acids is 2. The smallest absolute Gasteiger partial charge is 0.220 e. The second-order valence-corrected chi connectivity index (χ2v) is 11.2. The van der Waals surface area contributed by atoms with Crippen molar-refractivity contribution in [1.82, 2.24) is 5.32 Å². The number of nitrogens with one attached hydrogen (secondary N) is 1. The monoisotopic (exact) mass is 371 g/mol. The Bertz CT molecular complexity index is 659. The van der Waals surface area contributed by atoms with Crippen LogP contribution < -0.4 is 5.32 Å². The Morgan fingerprint density at radius 2 is 1.70 bits per heavy atom. The third-order valence-corrected chi connectivity index (χ3v) is 10.4. The minimum atomic E-state index is -0.222. The van der Waals surface area contributed by atoms with Crippen LogP contribution in [0.4, 0.5) is 0 Å². The van der Waals surface area contributed by atoms with Gasteiger partial charge in [0, 0.05) is 11.8 Å². The van der Waals surface area contributed by atoms with E-state index in [4.69, 9.17) is 0 Å². The predicted molar refractivity (Wildman–Crippen MR) is 106 cm³/mol. The highest BCUT2D eigenvalue weighted by Crippen LogP contribution is 2.67. The van der Waals surface area contributed by atoms with Crippen LogP contribution in [0.1, 0.15) is 85.0 Å². The van der Waals surface area contributed by atoms with Gasteiger partial charge in [0.05, 0.1) is 6.04 Å². The lowest BCUT2D eigenvalue weighted by atomic mass is 9.43. The molecule has 9 unspecified atom stereocenters. The van der Waals surface area contributed by atoms with Gasteiger partial charge >= 0.3 is 0 Å². The number of amides is 1. The Balaban J connectivity index is 1.63. The van der Waals surface area contributed by atoms with Crippen LogP contribution in [0.2, 0.25) is 0 Å². The van der Waals surface area contributed by atoms with Gasteiger partial charge in [-0.15, -0.1) is 0 Å². The second kappa shape index (κ2) is 6.07. The van der Waals surface area contributed by atoms with Gasteiger partial charge in [0.15, 0.2) is 5.78 Å². The fraction of sp³-hybridized carbons (Fsp3) is 0.917. The molecule has 9 atom stereocenters. The maximum absolute atomic E-state index is 14.1. The van der Waals surface area contributed by atoms with Crippen molar-refractivity contribution in [3.05, 3.63) is 0 Å². The second-order valence-electron chi connectivity index (χ2n) is 11.2. The van der Waals surface area contributed by atoms with E-state index in [1.54, 1.807) is 0 Å². The standard InChI is InChI=1S/C24H37NO2/c1-14-7-12-19(26)25-21-20-16(9-8-15-6-4-5-13-23(15,20)2)18-11-10-17(14)24(18,3)22(21)27/h14-18,20-21H,4-13H2,1-3H3,(H,25,26). The van der Waals surface area contributed by atoms with E-state index in [1.165, 1.54) is 51.4 Å². The SMILES string of the molecule is CC1CCC(=O)NC2C(=O)C3(C)C1CCC3C1CCC3CCCCC3(C)C21. The topological polar surface area (TPSA) is 46.2 Å². The van der Waals surface area contributed by atoms with E-state index in [0.717, 1.165) is 12.3 Å². The summed E-state index contributed by atoms with van der Waals surface area (Å²) in [6, 6.07) is -0.222. The van der Waals surface area contributed by atoms with Crippen molar-refractivity contribution < 1.29 is 9.59 Å². The minimum absolute atomic E-state index is 0.127. The fourth-order valence-electron chi connectivity index (χ4n) is 9.08. The third-order valence-electron chi connectivity index (χ3n) is 10.4. The van der Waals surface area contributed by atoms with E-state index in [-0.39, 0.29) is 22.8 Å². The molecule has 0 aromatic heterocycles. The van der Waals surface area contributed by atoms with Gasteiger partial charge in [-0.25, -0.2) is 0 Å². The van der Waals surface area contributed by atoms with Gasteiger partial charge in [0.25, 0.3) is 0 Å². The molecule has 3 heteroatoms. The van der Waals surface area contributed by atoms with Crippen LogP contribution >= 0.6 is 0 Å². The van der Waals surface area contributed by atoms with E-state index >= 15 is 0 Å². The highest BCUT2D eigenvalue weighted by atomic mass is 16.2. The molecule has 3 nitrogen and oxygen atoms in total. The average molecular weight is 372 g/mol. The Hall–Kier alpha value is -0.860. The van der Waals surface area contributed by atoms with Crippen LogP contribution in [0.25, 0.3) is 0 Å². The number of rotatable bonds is 0. The van der Waals surface area contributed by atoms with Crippen molar-refractivity contribution in [2.45, 2.75) is 91.0 Å². The lowest BCUT2D eigenvalue weighted by Crippen LogP contribution is -2.67. The van der Waals surface area contributed by atoms with Gasteiger partial charge < -0.3 is 5.32 Å². The van der Waals surface area contributed by atoms with Crippen molar-refractivity contribution in [2.24, 2.45) is 46.3 Å². The van der Waals surface area contributed by atoms with Crippen molar-refractivity contribution >= 4 is 11.7 Å². The van der Waals surface area contributed by atoms with Crippen molar-refractivity contribution in [3.63, 3.8) is 0 Å². The highest BCUT2D eigenvalue weighted by Gasteiger charge is 2.67. The van der Waals surface area contributed by atoms with Gasteiger partial charge in [0.1, 0.15) is 0 Å². The first kappa shape index (κ1) is 18.2. The molecule has 4 aliphatic carbocycles. The third kappa shape index (κ3) is 2.32. The molecule has 4 saturated carbocycles. The molecule has 5 aliphatic rings. The molecule has 27 heavy (non-hydrogen) atoms. The minimum Gasteiger partial charge on any atom is -0.346 e. The Morgan fingerprint density at radius 1 is 0.926 bits per heavy atom. The van der Waals surface area contributed by atoms with Crippen molar-refractivity contribution in [1.29, 1.82) is 0 Å². The van der Waals surface area contributed by atoms with E-state index < -0.39 is 0 Å². The molecular weight excluding hydrogens is 334 g/mol. The molecule has 1 aliphatic heterocycles. The molecule has 5 fully saturated rings. The zero-order valence-corrected chi connectivity index (χ0v) is 17.4. The van der Waals surface area contributed by atoms with Gasteiger partial charge in [-0.05, 0) is 85.9 Å². The Kier molecular flexibility index (Phi) is 4.09. The van der Waals surface area contributed by atoms with Crippen LogP contribution in [0, 0.1) is 46.3 Å². The van der Waals surface area contributed by atoms with Crippen LogP contribution in [0.15, 0.2) is 0 Å². The maximum atomic E-state index is 14.1. The number of Topliss-reactive ketones (excluding diaryl/α,β-unsaturated/α-hetero) is 1. The zero-order chi connectivity index (χ0) is 19.0. The summed E-state index contributed by atoms with van der Waals surface area (Å²) < 4.78 is 0. The molecule has 1 heterocycles. The van der Waals surface area contributed by atoms with E-state index in [9.17, 15) is 9.59 Å². The molecular formula is C24H37NO2. The van der Waals surface area contributed by atoms with Crippen LogP contribution in [-0.4, -0.2) is 17.7 Å². The summed E-state index contributed by atoms with van der Waals surface area (Å²) in [5, 5.41) is 3.32. The zero-order valence-electron chi connectivity index (χ0n) is 17.4. The van der Waals surface area contributed by atoms with Crippen LogP contribution in [0.3, 0.4) is 0 Å². The first-order chi connectivity index (χ1) is 12.9. The van der Waals surface area contributed by atoms with Gasteiger partial charge in [-0.3, -0.25) is 9.59 Å². The molecule has 1 amide bonds. The summed E-state index contributed by atoms with van der Waals surface area (Å²) >= 11 is 0. The largest absolute Gasteiger partial charge is 0.346 e. The van der Waals surface area contributed by atoms with Gasteiger partial charge in [-0.2, -0.15) is 0 Å². The average Bonchev–Trinajstić information content (AvgIpc) is 3.00. The van der Waals surface area contributed by atoms with Gasteiger partial charge in [0.2, 0.25) is 5.91 Å². The van der Waals surface area contributed by atoms with Crippen LogP contribution in [-0.2, 0) is 9.59 Å². The molecule has 0 radical (unpaired) electrons. The Morgan fingerprint density at radius 3 is 2.52 bits per heavy atom. The number of hydrogen-bond donors (Lipinski definition) is 1. The lowest BCUT2D eigenvalue weighted by molar-refractivity contribution is -0.165. The lowest BCUT2D eigenvalue weighted by Gasteiger charge is -2.62. The molecule has 5 rings (SSSR count). The summed E-state index contributed by atoms with van der Waals surface area (Å²) in [5.74, 6) is 3.80. The molecule has 0 aromatic rings. The number of hydrogen-bond acceptors (Lipinski definition) is 2. The molecule has 0 aromatic carbocycles. The van der Waals surface area contributed by atoms with Crippen LogP contribution in [0.5, 0.6) is 0 Å². The molecule has 1 N–H and O–H groups in total. The predicted octanol–water partition coefficient (Wildman–Crippen LogP) is 4.74. The number of carbonyl (C=O) groups is 2. The quantitative estimate of drug-likeness (QED) is 0.668. The summed E-state index contributed by atoms with van der Waals surface area (Å²) in [6.45, 7) is 7.08. The van der Waals surface area contributed by atoms with E-state index in [2.05, 4.69) is 26.1 Å². The van der Waals surface area contributed by atoms with Crippen molar-refractivity contribution in [2.75, 3.05) is 0 Å². The van der Waals surface area contributed by atoms with Gasteiger partial charge in [-0.1, -0.05) is 33.6 Å². The Labute approximate surface area is 164 Å². The fourth-order valence-corrected chi connectivity index (χ4v) is 9.08. The summed E-state index contributed by atoms with van der Waals surface area (Å²) in [4.78, 5) is 26.8. The molecule has 150 valence electrons. The van der Waals surface area contributed by atoms with E-state index in [1.807, 2.05) is 0 Å². The summed E-state index contributed by atoms with van der Waals surface area (Å²) in [7, 11) is 0. The maximum Gasteiger partial charge on any atom is 0.220 e. The number of ketones is 1. The number of fused-ring (bicyclic) bond motifs is 6. The normalized spacial score (nSPS) is 54.9. The first-order valence-electron chi connectivity index (χ1n) is 11.7. The molecule has 0 spiro atoms. The van der Waals surface area contributed by atoms with Crippen molar-refractivity contribution in [3.8, 4) is 0 Å². The summed E-state index contributed by atoms with van der Waals surface area (Å²) in [6.07, 6.45) is 11.8. The molecule has 1 saturated heterocycles. The highest BCUT2D eigenvalue weighted by molar-refractivity contribution is 5.95. The van der Waals surface area contributed by atoms with E-state index in [0.29, 0.717) is 41.8 Å². The molecule has 2 bridgehead atoms. The summed E-state index contributed by atoms with van der Waals surface area (Å²) in [5.41, 5.74) is 0.0363. The first-order valence-corrected chi connectivity index (χ1v) is 11.7.